The van der Waals surface area contributed by atoms with E-state index in [1.165, 1.54) is 34.7 Å². The molecule has 0 aliphatic rings. The summed E-state index contributed by atoms with van der Waals surface area (Å²) in [5.74, 6) is -0.101. The minimum Gasteiger partial charge on any atom is -0.492 e. The molecule has 0 aliphatic heterocycles. The fourth-order valence-corrected chi connectivity index (χ4v) is 5.02. The molecule has 11 heteroatoms. The summed E-state index contributed by atoms with van der Waals surface area (Å²) >= 11 is 1.32. The predicted molar refractivity (Wildman–Crippen MR) is 151 cm³/mol. The van der Waals surface area contributed by atoms with Crippen molar-refractivity contribution in [3.05, 3.63) is 71.6 Å². The normalized spacial score (nSPS) is 11.2. The summed E-state index contributed by atoms with van der Waals surface area (Å²) in [5, 5.41) is 14.0. The molecule has 0 unspecified atom stereocenters. The maximum Gasteiger partial charge on any atom is 0.263 e. The van der Waals surface area contributed by atoms with Crippen LogP contribution >= 0.6 is 11.3 Å². The highest BCUT2D eigenvalue weighted by Gasteiger charge is 2.24. The lowest BCUT2D eigenvalue weighted by molar-refractivity contribution is 0.0982. The molecule has 2 heterocycles. The average molecular weight is 552 g/mol. The average Bonchev–Trinajstić information content (AvgIpc) is 3.62. The number of unbranched alkanes of at least 4 members (excludes halogenated alkanes) is 1. The molecule has 0 saturated heterocycles. The highest BCUT2D eigenvalue weighted by Crippen LogP contribution is 2.34. The number of carbonyl (C=O) groups excluding carboxylic acids is 1. The predicted octanol–water partition coefficient (Wildman–Crippen LogP) is 5.01. The highest BCUT2D eigenvalue weighted by atomic mass is 32.1. The molecule has 1 amide bonds. The van der Waals surface area contributed by atoms with E-state index in [-0.39, 0.29) is 5.56 Å². The Morgan fingerprint density at radius 1 is 1.10 bits per heavy atom. The third-order valence-corrected chi connectivity index (χ3v) is 7.33. The molecule has 4 rings (SSSR count). The SMILES string of the molecule is CCCCN(C(=O)c1ccccc1F)c1nnc(-c2cc(C)c(OCCN(C)CCn3cncn3)c(C)c2)s1. The van der Waals surface area contributed by atoms with Crippen LogP contribution in [0.15, 0.2) is 49.1 Å². The highest BCUT2D eigenvalue weighted by molar-refractivity contribution is 7.18. The van der Waals surface area contributed by atoms with Crippen LogP contribution in [0.25, 0.3) is 10.6 Å². The molecule has 0 saturated carbocycles. The first kappa shape index (κ1) is 28.3. The number of likely N-dealkylation sites (N-methyl/N-ethyl adjacent to an activating group) is 1. The van der Waals surface area contributed by atoms with Gasteiger partial charge in [-0.05, 0) is 62.7 Å². The molecule has 0 N–H and O–H groups in total. The second-order valence-electron chi connectivity index (χ2n) is 9.43. The van der Waals surface area contributed by atoms with Crippen molar-refractivity contribution >= 4 is 22.4 Å². The number of amides is 1. The fraction of sp³-hybridized carbons (Fsp3) is 0.393. The first-order valence-corrected chi connectivity index (χ1v) is 13.8. The van der Waals surface area contributed by atoms with E-state index in [0.717, 1.165) is 54.9 Å². The molecule has 39 heavy (non-hydrogen) atoms. The number of anilines is 1. The molecule has 0 aliphatic carbocycles. The van der Waals surface area contributed by atoms with Crippen molar-refractivity contribution in [3.63, 3.8) is 0 Å². The number of carbonyl (C=O) groups is 1. The van der Waals surface area contributed by atoms with E-state index < -0.39 is 11.7 Å². The van der Waals surface area contributed by atoms with Crippen LogP contribution in [-0.2, 0) is 6.54 Å². The van der Waals surface area contributed by atoms with Crippen molar-refractivity contribution in [2.45, 2.75) is 40.2 Å². The number of nitrogens with zero attached hydrogens (tertiary/aromatic N) is 7. The summed E-state index contributed by atoms with van der Waals surface area (Å²) in [5.41, 5.74) is 2.93. The van der Waals surface area contributed by atoms with Crippen molar-refractivity contribution in [2.75, 3.05) is 38.2 Å². The number of rotatable bonds is 13. The van der Waals surface area contributed by atoms with E-state index in [1.807, 2.05) is 37.6 Å². The van der Waals surface area contributed by atoms with Crippen molar-refractivity contribution < 1.29 is 13.9 Å². The molecule has 2 aromatic heterocycles. The van der Waals surface area contributed by atoms with Gasteiger partial charge in [-0.1, -0.05) is 36.8 Å². The lowest BCUT2D eigenvalue weighted by atomic mass is 10.1. The monoisotopic (exact) mass is 551 g/mol. The number of hydrogen-bond donors (Lipinski definition) is 0. The molecule has 0 radical (unpaired) electrons. The van der Waals surface area contributed by atoms with E-state index in [9.17, 15) is 9.18 Å². The minimum absolute atomic E-state index is 0.0302. The Balaban J connectivity index is 1.43. The van der Waals surface area contributed by atoms with E-state index in [0.29, 0.717) is 23.3 Å². The largest absolute Gasteiger partial charge is 0.492 e. The van der Waals surface area contributed by atoms with Gasteiger partial charge in [0.2, 0.25) is 5.13 Å². The van der Waals surface area contributed by atoms with Crippen LogP contribution in [0.2, 0.25) is 0 Å². The Morgan fingerprint density at radius 3 is 2.56 bits per heavy atom. The van der Waals surface area contributed by atoms with Gasteiger partial charge >= 0.3 is 0 Å². The number of halogens is 1. The molecule has 0 spiro atoms. The molecule has 0 bridgehead atoms. The Labute approximate surface area is 232 Å². The summed E-state index contributed by atoms with van der Waals surface area (Å²) in [6, 6.07) is 10.1. The maximum absolute atomic E-state index is 14.4. The van der Waals surface area contributed by atoms with Gasteiger partial charge in [-0.3, -0.25) is 14.4 Å². The van der Waals surface area contributed by atoms with Gasteiger partial charge in [-0.2, -0.15) is 5.10 Å². The fourth-order valence-electron chi connectivity index (χ4n) is 4.16. The van der Waals surface area contributed by atoms with Crippen molar-refractivity contribution in [1.29, 1.82) is 0 Å². The minimum atomic E-state index is -0.544. The lowest BCUT2D eigenvalue weighted by Crippen LogP contribution is -2.32. The smallest absolute Gasteiger partial charge is 0.263 e. The van der Waals surface area contributed by atoms with Gasteiger partial charge < -0.3 is 9.64 Å². The molecular formula is C28H34FN7O2S. The summed E-state index contributed by atoms with van der Waals surface area (Å²) < 4.78 is 22.3. The van der Waals surface area contributed by atoms with Crippen molar-refractivity contribution in [2.24, 2.45) is 0 Å². The van der Waals surface area contributed by atoms with Crippen LogP contribution in [0.5, 0.6) is 5.75 Å². The van der Waals surface area contributed by atoms with E-state index >= 15 is 0 Å². The number of aromatic nitrogens is 5. The number of benzene rings is 2. The van der Waals surface area contributed by atoms with Crippen LogP contribution in [0.1, 0.15) is 41.3 Å². The molecule has 4 aromatic rings. The molecule has 0 atom stereocenters. The van der Waals surface area contributed by atoms with Gasteiger partial charge in [0.25, 0.3) is 5.91 Å². The van der Waals surface area contributed by atoms with Crippen LogP contribution in [0, 0.1) is 19.7 Å². The van der Waals surface area contributed by atoms with Crippen LogP contribution in [0.3, 0.4) is 0 Å². The zero-order valence-electron chi connectivity index (χ0n) is 22.8. The van der Waals surface area contributed by atoms with Gasteiger partial charge in [-0.25, -0.2) is 9.37 Å². The molecular weight excluding hydrogens is 517 g/mol. The van der Waals surface area contributed by atoms with E-state index in [2.05, 4.69) is 32.2 Å². The first-order chi connectivity index (χ1) is 18.9. The third kappa shape index (κ3) is 7.24. The van der Waals surface area contributed by atoms with E-state index in [4.69, 9.17) is 4.74 Å². The topological polar surface area (TPSA) is 89.3 Å². The van der Waals surface area contributed by atoms with Crippen LogP contribution in [0.4, 0.5) is 9.52 Å². The van der Waals surface area contributed by atoms with Gasteiger partial charge in [0, 0.05) is 25.2 Å². The molecule has 206 valence electrons. The Morgan fingerprint density at radius 2 is 1.87 bits per heavy atom. The summed E-state index contributed by atoms with van der Waals surface area (Å²) in [6.07, 6.45) is 4.91. The van der Waals surface area contributed by atoms with Crippen molar-refractivity contribution in [1.82, 2.24) is 29.9 Å². The number of hydrogen-bond acceptors (Lipinski definition) is 8. The second-order valence-corrected chi connectivity index (χ2v) is 10.4. The van der Waals surface area contributed by atoms with Crippen LogP contribution < -0.4 is 9.64 Å². The zero-order chi connectivity index (χ0) is 27.8. The van der Waals surface area contributed by atoms with Gasteiger partial charge in [0.15, 0.2) is 0 Å². The number of ether oxygens (including phenoxy) is 1. The Kier molecular flexibility index (Phi) is 9.72. The zero-order valence-corrected chi connectivity index (χ0v) is 23.6. The summed E-state index contributed by atoms with van der Waals surface area (Å²) in [4.78, 5) is 20.9. The Bertz CT molecular complexity index is 1350. The summed E-state index contributed by atoms with van der Waals surface area (Å²) in [7, 11) is 2.05. The summed E-state index contributed by atoms with van der Waals surface area (Å²) in [6.45, 7) is 9.46. The van der Waals surface area contributed by atoms with Gasteiger partial charge in [-0.15, -0.1) is 10.2 Å². The third-order valence-electron chi connectivity index (χ3n) is 6.33. The van der Waals surface area contributed by atoms with Gasteiger partial charge in [0.05, 0.1) is 12.1 Å². The Hall–Kier alpha value is -3.70. The standard InChI is InChI=1S/C28H34FN7O2S/c1-5-6-11-36(27(37)23-9-7-8-10-24(23)29)28-33-32-26(39-28)22-16-20(2)25(21(3)17-22)38-15-14-34(4)12-13-35-19-30-18-31-35/h7-10,16-19H,5-6,11-15H2,1-4H3. The van der Waals surface area contributed by atoms with Crippen LogP contribution in [-0.4, -0.2) is 69.1 Å². The van der Waals surface area contributed by atoms with Crippen molar-refractivity contribution in [3.8, 4) is 16.3 Å². The molecule has 0 fully saturated rings. The molecule has 2 aromatic carbocycles. The number of aryl methyl sites for hydroxylation is 2. The lowest BCUT2D eigenvalue weighted by Gasteiger charge is -2.19. The molecule has 9 nitrogen and oxygen atoms in total. The maximum atomic E-state index is 14.4. The van der Waals surface area contributed by atoms with Gasteiger partial charge in [0.1, 0.15) is 35.8 Å². The first-order valence-electron chi connectivity index (χ1n) is 13.0. The van der Waals surface area contributed by atoms with E-state index in [1.54, 1.807) is 18.5 Å². The second kappa shape index (κ2) is 13.4. The quantitative estimate of drug-likeness (QED) is 0.231.